The number of hydrogen-bond acceptors (Lipinski definition) is 7. The van der Waals surface area contributed by atoms with Crippen molar-refractivity contribution in [1.29, 1.82) is 0 Å². The summed E-state index contributed by atoms with van der Waals surface area (Å²) in [5.41, 5.74) is 6.49. The molecule has 1 unspecified atom stereocenters. The largest absolute Gasteiger partial charge is 0.377 e. The molecule has 8 nitrogen and oxygen atoms in total. The van der Waals surface area contributed by atoms with E-state index in [2.05, 4.69) is 10.1 Å². The number of aromatic nitrogens is 2. The van der Waals surface area contributed by atoms with Gasteiger partial charge >= 0.3 is 0 Å². The minimum absolute atomic E-state index is 0.000485. The summed E-state index contributed by atoms with van der Waals surface area (Å²) >= 11 is 0. The maximum atomic E-state index is 10.6. The summed E-state index contributed by atoms with van der Waals surface area (Å²) in [5, 5.41) is 14.4. The van der Waals surface area contributed by atoms with Gasteiger partial charge in [-0.1, -0.05) is 5.16 Å². The molecule has 0 aliphatic heterocycles. The second-order valence-corrected chi connectivity index (χ2v) is 4.75. The van der Waals surface area contributed by atoms with Gasteiger partial charge in [0, 0.05) is 17.7 Å². The first-order valence-corrected chi connectivity index (χ1v) is 6.43. The average molecular weight is 292 g/mol. The van der Waals surface area contributed by atoms with Crippen molar-refractivity contribution in [2.24, 2.45) is 5.73 Å². The molecule has 0 aliphatic rings. The number of nitrogens with zero attached hydrogens (tertiary/aromatic N) is 3. The molecule has 1 aromatic carbocycles. The van der Waals surface area contributed by atoms with E-state index in [1.165, 1.54) is 12.1 Å². The molecule has 0 fully saturated rings. The van der Waals surface area contributed by atoms with Gasteiger partial charge in [0.2, 0.25) is 0 Å². The lowest BCUT2D eigenvalue weighted by Gasteiger charge is -2.10. The number of nitrogens with two attached hydrogens (primary N) is 1. The summed E-state index contributed by atoms with van der Waals surface area (Å²) < 4.78 is 10.5. The molecule has 2 rings (SSSR count). The molecule has 2 aromatic rings. The molecule has 0 radical (unpaired) electrons. The van der Waals surface area contributed by atoms with Crippen molar-refractivity contribution in [3.05, 3.63) is 40.2 Å². The van der Waals surface area contributed by atoms with Crippen LogP contribution in [0.4, 0.5) is 5.69 Å². The van der Waals surface area contributed by atoms with Gasteiger partial charge in [0.15, 0.2) is 5.82 Å². The number of non-ortho nitro benzene ring substituents is 1. The van der Waals surface area contributed by atoms with E-state index in [4.69, 9.17) is 15.0 Å². The number of benzene rings is 1. The zero-order valence-electron chi connectivity index (χ0n) is 11.7. The van der Waals surface area contributed by atoms with E-state index in [1.807, 2.05) is 13.8 Å². The molecular formula is C13H16N4O4. The minimum Gasteiger partial charge on any atom is -0.377 e. The quantitative estimate of drug-likeness (QED) is 0.639. The third-order valence-corrected chi connectivity index (χ3v) is 2.71. The lowest BCUT2D eigenvalue weighted by atomic mass is 10.2. The lowest BCUT2D eigenvalue weighted by molar-refractivity contribution is -0.384. The van der Waals surface area contributed by atoms with E-state index < -0.39 is 11.0 Å². The Morgan fingerprint density at radius 2 is 2.05 bits per heavy atom. The van der Waals surface area contributed by atoms with E-state index in [9.17, 15) is 10.1 Å². The number of nitro groups is 1. The maximum absolute atomic E-state index is 10.6. The monoisotopic (exact) mass is 292 g/mol. The molecule has 1 heterocycles. The topological polar surface area (TPSA) is 117 Å². The third kappa shape index (κ3) is 3.83. The van der Waals surface area contributed by atoms with Crippen LogP contribution in [0.15, 0.2) is 28.8 Å². The van der Waals surface area contributed by atoms with Crippen LogP contribution in [-0.2, 0) is 4.74 Å². The van der Waals surface area contributed by atoms with E-state index in [0.717, 1.165) is 0 Å². The Morgan fingerprint density at radius 1 is 1.38 bits per heavy atom. The van der Waals surface area contributed by atoms with Gasteiger partial charge in [-0.05, 0) is 26.0 Å². The van der Waals surface area contributed by atoms with Gasteiger partial charge in [-0.25, -0.2) is 0 Å². The Labute approximate surface area is 121 Å². The summed E-state index contributed by atoms with van der Waals surface area (Å²) in [6, 6.07) is 5.36. The van der Waals surface area contributed by atoms with E-state index in [1.54, 1.807) is 12.1 Å². The highest BCUT2D eigenvalue weighted by molar-refractivity contribution is 5.55. The Morgan fingerprint density at radius 3 is 2.62 bits per heavy atom. The molecule has 2 N–H and O–H groups in total. The molecule has 1 atom stereocenters. The van der Waals surface area contributed by atoms with Crippen LogP contribution in [0.3, 0.4) is 0 Å². The van der Waals surface area contributed by atoms with E-state index in [0.29, 0.717) is 11.4 Å². The Bertz CT molecular complexity index is 609. The van der Waals surface area contributed by atoms with Crippen molar-refractivity contribution in [1.82, 2.24) is 10.1 Å². The first-order chi connectivity index (χ1) is 9.97. The first kappa shape index (κ1) is 15.1. The summed E-state index contributed by atoms with van der Waals surface area (Å²) in [6.07, 6.45) is 0.0668. The first-order valence-electron chi connectivity index (χ1n) is 6.43. The smallest absolute Gasteiger partial charge is 0.269 e. The highest BCUT2D eigenvalue weighted by Gasteiger charge is 2.16. The zero-order valence-corrected chi connectivity index (χ0v) is 11.7. The second-order valence-electron chi connectivity index (χ2n) is 4.75. The molecule has 21 heavy (non-hydrogen) atoms. The highest BCUT2D eigenvalue weighted by Crippen LogP contribution is 2.21. The van der Waals surface area contributed by atoms with Gasteiger partial charge in [-0.15, -0.1) is 0 Å². The molecular weight excluding hydrogens is 276 g/mol. The fourth-order valence-corrected chi connectivity index (χ4v) is 1.60. The molecule has 1 aromatic heterocycles. The van der Waals surface area contributed by atoms with Crippen molar-refractivity contribution in [3.8, 4) is 11.5 Å². The van der Waals surface area contributed by atoms with E-state index in [-0.39, 0.29) is 24.3 Å². The standard InChI is InChI=1S/C13H16N4O4/c1-8(2)20-7-11(14)12-15-13(21-16-12)9-3-5-10(6-4-9)17(18)19/h3-6,8,11H,7,14H2,1-2H3. The van der Waals surface area contributed by atoms with Crippen LogP contribution in [0, 0.1) is 10.1 Å². The highest BCUT2D eigenvalue weighted by atomic mass is 16.6. The summed E-state index contributed by atoms with van der Waals surface area (Å²) in [5.74, 6) is 0.601. The lowest BCUT2D eigenvalue weighted by Crippen LogP contribution is -2.20. The Hall–Kier alpha value is -2.32. The van der Waals surface area contributed by atoms with Crippen molar-refractivity contribution >= 4 is 5.69 Å². The number of nitro benzene ring substituents is 1. The van der Waals surface area contributed by atoms with Crippen molar-refractivity contribution in [2.45, 2.75) is 26.0 Å². The predicted octanol–water partition coefficient (Wildman–Crippen LogP) is 2.07. The van der Waals surface area contributed by atoms with Crippen molar-refractivity contribution in [2.75, 3.05) is 6.61 Å². The minimum atomic E-state index is -0.483. The second kappa shape index (κ2) is 6.42. The normalized spacial score (nSPS) is 12.6. The average Bonchev–Trinajstić information content (AvgIpc) is 2.94. The molecule has 0 saturated carbocycles. The molecule has 8 heteroatoms. The molecule has 0 bridgehead atoms. The molecule has 0 spiro atoms. The van der Waals surface area contributed by atoms with E-state index >= 15 is 0 Å². The Kier molecular flexibility index (Phi) is 4.61. The molecule has 0 saturated heterocycles. The molecule has 0 aliphatic carbocycles. The van der Waals surface area contributed by atoms with Crippen LogP contribution in [0.25, 0.3) is 11.5 Å². The van der Waals surface area contributed by atoms with Gasteiger partial charge in [0.1, 0.15) is 0 Å². The van der Waals surface area contributed by atoms with Crippen LogP contribution in [0.5, 0.6) is 0 Å². The molecule has 112 valence electrons. The van der Waals surface area contributed by atoms with Gasteiger partial charge in [0.25, 0.3) is 11.6 Å². The Balaban J connectivity index is 2.10. The molecule has 0 amide bonds. The fraction of sp³-hybridized carbons (Fsp3) is 0.385. The van der Waals surface area contributed by atoms with Crippen molar-refractivity contribution < 1.29 is 14.2 Å². The number of rotatable bonds is 6. The van der Waals surface area contributed by atoms with Crippen LogP contribution in [0.1, 0.15) is 25.7 Å². The van der Waals surface area contributed by atoms with Crippen LogP contribution in [-0.4, -0.2) is 27.8 Å². The number of ether oxygens (including phenoxy) is 1. The number of hydrogen-bond donors (Lipinski definition) is 1. The van der Waals surface area contributed by atoms with Crippen LogP contribution < -0.4 is 5.73 Å². The SMILES string of the molecule is CC(C)OCC(N)c1noc(-c2ccc([N+](=O)[O-])cc2)n1. The summed E-state index contributed by atoms with van der Waals surface area (Å²) in [6.45, 7) is 4.10. The van der Waals surface area contributed by atoms with Crippen molar-refractivity contribution in [3.63, 3.8) is 0 Å². The van der Waals surface area contributed by atoms with Gasteiger partial charge in [-0.3, -0.25) is 10.1 Å². The van der Waals surface area contributed by atoms with Gasteiger partial charge < -0.3 is 15.0 Å². The zero-order chi connectivity index (χ0) is 15.4. The van der Waals surface area contributed by atoms with Crippen LogP contribution in [0.2, 0.25) is 0 Å². The van der Waals surface area contributed by atoms with Crippen LogP contribution >= 0.6 is 0 Å². The maximum Gasteiger partial charge on any atom is 0.269 e. The van der Waals surface area contributed by atoms with Gasteiger partial charge in [0.05, 0.1) is 23.7 Å². The predicted molar refractivity (Wildman–Crippen MR) is 74.4 cm³/mol. The fourth-order valence-electron chi connectivity index (χ4n) is 1.60. The summed E-state index contributed by atoms with van der Waals surface area (Å²) in [7, 11) is 0. The third-order valence-electron chi connectivity index (χ3n) is 2.71. The van der Waals surface area contributed by atoms with Gasteiger partial charge in [-0.2, -0.15) is 4.98 Å². The summed E-state index contributed by atoms with van der Waals surface area (Å²) in [4.78, 5) is 14.3.